The average molecular weight is 287 g/mol. The first-order valence-corrected chi connectivity index (χ1v) is 6.49. The summed E-state index contributed by atoms with van der Waals surface area (Å²) in [5.41, 5.74) is 1.09. The van der Waals surface area contributed by atoms with Gasteiger partial charge in [-0.05, 0) is 18.2 Å². The van der Waals surface area contributed by atoms with Crippen LogP contribution in [0.2, 0.25) is 0 Å². The molecule has 0 aromatic heterocycles. The minimum absolute atomic E-state index is 0.238. The standard InChI is InChI=1S/C14H13N3O4/c1-7-6-17(14(21)15-11(7)18)8-3-4-9-10(5-8)13(20)16(2)12(9)19/h3-5,7H,6H2,1-2H3,(H,15,18,21). The number of nitrogens with one attached hydrogen (secondary N) is 1. The van der Waals surface area contributed by atoms with Gasteiger partial charge in [-0.2, -0.15) is 0 Å². The van der Waals surface area contributed by atoms with Gasteiger partial charge in [-0.15, -0.1) is 0 Å². The first-order valence-electron chi connectivity index (χ1n) is 6.49. The number of imide groups is 2. The topological polar surface area (TPSA) is 86.8 Å². The summed E-state index contributed by atoms with van der Waals surface area (Å²) < 4.78 is 0. The molecule has 0 bridgehead atoms. The van der Waals surface area contributed by atoms with Crippen molar-refractivity contribution >= 4 is 29.4 Å². The van der Waals surface area contributed by atoms with E-state index < -0.39 is 11.9 Å². The molecule has 1 saturated heterocycles. The van der Waals surface area contributed by atoms with E-state index in [9.17, 15) is 19.2 Å². The molecule has 2 aliphatic rings. The highest BCUT2D eigenvalue weighted by Gasteiger charge is 2.35. The highest BCUT2D eigenvalue weighted by atomic mass is 16.2. The molecule has 1 N–H and O–H groups in total. The lowest BCUT2D eigenvalue weighted by Gasteiger charge is -2.30. The number of amides is 5. The van der Waals surface area contributed by atoms with Crippen molar-refractivity contribution in [3.63, 3.8) is 0 Å². The van der Waals surface area contributed by atoms with E-state index in [-0.39, 0.29) is 29.8 Å². The number of carbonyl (C=O) groups excluding carboxylic acids is 4. The molecule has 21 heavy (non-hydrogen) atoms. The second-order valence-electron chi connectivity index (χ2n) is 5.21. The van der Waals surface area contributed by atoms with Gasteiger partial charge in [0.15, 0.2) is 0 Å². The molecular weight excluding hydrogens is 274 g/mol. The molecule has 0 spiro atoms. The van der Waals surface area contributed by atoms with Gasteiger partial charge in [-0.25, -0.2) is 4.79 Å². The van der Waals surface area contributed by atoms with Crippen molar-refractivity contribution in [1.29, 1.82) is 0 Å². The SMILES string of the molecule is CC1CN(c2ccc3c(c2)C(=O)N(C)C3=O)C(=O)NC1=O. The molecule has 1 atom stereocenters. The molecule has 2 aliphatic heterocycles. The number of anilines is 1. The van der Waals surface area contributed by atoms with Crippen LogP contribution in [0, 0.1) is 5.92 Å². The first kappa shape index (κ1) is 13.3. The molecule has 2 heterocycles. The van der Waals surface area contributed by atoms with Crippen LogP contribution in [0.1, 0.15) is 27.6 Å². The molecule has 1 unspecified atom stereocenters. The van der Waals surface area contributed by atoms with Crippen LogP contribution < -0.4 is 10.2 Å². The van der Waals surface area contributed by atoms with Crippen LogP contribution in [-0.2, 0) is 4.79 Å². The summed E-state index contributed by atoms with van der Waals surface area (Å²) >= 11 is 0. The lowest BCUT2D eigenvalue weighted by Crippen LogP contribution is -2.53. The quantitative estimate of drug-likeness (QED) is 0.766. The number of hydrogen-bond acceptors (Lipinski definition) is 4. The van der Waals surface area contributed by atoms with Crippen LogP contribution in [0.5, 0.6) is 0 Å². The zero-order chi connectivity index (χ0) is 15.3. The molecule has 3 rings (SSSR count). The highest BCUT2D eigenvalue weighted by Crippen LogP contribution is 2.28. The van der Waals surface area contributed by atoms with Crippen molar-refractivity contribution in [2.24, 2.45) is 5.92 Å². The third-order valence-electron chi connectivity index (χ3n) is 3.76. The minimum Gasteiger partial charge on any atom is -0.293 e. The normalized spacial score (nSPS) is 21.7. The van der Waals surface area contributed by atoms with Crippen molar-refractivity contribution in [3.05, 3.63) is 29.3 Å². The fourth-order valence-electron chi connectivity index (χ4n) is 2.48. The molecule has 0 saturated carbocycles. The number of fused-ring (bicyclic) bond motifs is 1. The second-order valence-corrected chi connectivity index (χ2v) is 5.21. The van der Waals surface area contributed by atoms with Gasteiger partial charge in [-0.3, -0.25) is 29.5 Å². The molecule has 108 valence electrons. The van der Waals surface area contributed by atoms with Crippen molar-refractivity contribution in [2.75, 3.05) is 18.5 Å². The molecule has 0 radical (unpaired) electrons. The van der Waals surface area contributed by atoms with Crippen molar-refractivity contribution in [3.8, 4) is 0 Å². The third-order valence-corrected chi connectivity index (χ3v) is 3.76. The fraction of sp³-hybridized carbons (Fsp3) is 0.286. The lowest BCUT2D eigenvalue weighted by atomic mass is 10.1. The van der Waals surface area contributed by atoms with Crippen molar-refractivity contribution < 1.29 is 19.2 Å². The average Bonchev–Trinajstić information content (AvgIpc) is 2.67. The van der Waals surface area contributed by atoms with E-state index in [1.165, 1.54) is 24.1 Å². The second kappa shape index (κ2) is 4.41. The molecule has 7 heteroatoms. The predicted octanol–water partition coefficient (Wildman–Crippen LogP) is 0.605. The molecular formula is C14H13N3O4. The van der Waals surface area contributed by atoms with Crippen LogP contribution in [0.3, 0.4) is 0 Å². The van der Waals surface area contributed by atoms with Gasteiger partial charge in [0.25, 0.3) is 11.8 Å². The largest absolute Gasteiger partial charge is 0.328 e. The van der Waals surface area contributed by atoms with Crippen molar-refractivity contribution in [1.82, 2.24) is 10.2 Å². The molecule has 5 amide bonds. The smallest absolute Gasteiger partial charge is 0.293 e. The minimum atomic E-state index is -0.525. The summed E-state index contributed by atoms with van der Waals surface area (Å²) in [5.74, 6) is -1.40. The first-order chi connectivity index (χ1) is 9.90. The Hall–Kier alpha value is -2.70. The molecule has 1 fully saturated rings. The fourth-order valence-corrected chi connectivity index (χ4v) is 2.48. The Kier molecular flexibility index (Phi) is 2.79. The lowest BCUT2D eigenvalue weighted by molar-refractivity contribution is -0.123. The van der Waals surface area contributed by atoms with E-state index >= 15 is 0 Å². The number of urea groups is 1. The zero-order valence-corrected chi connectivity index (χ0v) is 11.5. The van der Waals surface area contributed by atoms with E-state index in [2.05, 4.69) is 5.32 Å². The Labute approximate surface area is 120 Å². The van der Waals surface area contributed by atoms with E-state index in [1.807, 2.05) is 0 Å². The van der Waals surface area contributed by atoms with Crippen LogP contribution in [0.25, 0.3) is 0 Å². The monoisotopic (exact) mass is 287 g/mol. The van der Waals surface area contributed by atoms with Gasteiger partial charge in [0.1, 0.15) is 0 Å². The number of rotatable bonds is 1. The van der Waals surface area contributed by atoms with Crippen LogP contribution in [0.15, 0.2) is 18.2 Å². The highest BCUT2D eigenvalue weighted by molar-refractivity contribution is 6.21. The molecule has 0 aliphatic carbocycles. The van der Waals surface area contributed by atoms with E-state index in [0.29, 0.717) is 11.3 Å². The number of carbonyl (C=O) groups is 4. The summed E-state index contributed by atoms with van der Waals surface area (Å²) in [6.07, 6.45) is 0. The van der Waals surface area contributed by atoms with Crippen LogP contribution >= 0.6 is 0 Å². The van der Waals surface area contributed by atoms with Gasteiger partial charge in [-0.1, -0.05) is 6.92 Å². The summed E-state index contributed by atoms with van der Waals surface area (Å²) in [6, 6.07) is 4.12. The number of hydrogen-bond donors (Lipinski definition) is 1. The van der Waals surface area contributed by atoms with Crippen LogP contribution in [0.4, 0.5) is 10.5 Å². The van der Waals surface area contributed by atoms with Gasteiger partial charge in [0.05, 0.1) is 17.0 Å². The molecule has 1 aromatic rings. The third kappa shape index (κ3) is 1.89. The van der Waals surface area contributed by atoms with E-state index in [1.54, 1.807) is 13.0 Å². The molecule has 7 nitrogen and oxygen atoms in total. The van der Waals surface area contributed by atoms with Gasteiger partial charge < -0.3 is 0 Å². The number of nitrogens with zero attached hydrogens (tertiary/aromatic N) is 2. The molecule has 1 aromatic carbocycles. The summed E-state index contributed by atoms with van der Waals surface area (Å²) in [4.78, 5) is 49.6. The summed E-state index contributed by atoms with van der Waals surface area (Å²) in [5, 5.41) is 2.26. The maximum atomic E-state index is 12.0. The Morgan fingerprint density at radius 1 is 1.10 bits per heavy atom. The van der Waals surface area contributed by atoms with Gasteiger partial charge >= 0.3 is 6.03 Å². The van der Waals surface area contributed by atoms with Crippen LogP contribution in [-0.4, -0.2) is 42.2 Å². The Bertz CT molecular complexity index is 697. The number of benzene rings is 1. The van der Waals surface area contributed by atoms with Crippen molar-refractivity contribution in [2.45, 2.75) is 6.92 Å². The Balaban J connectivity index is 1.99. The Morgan fingerprint density at radius 2 is 1.76 bits per heavy atom. The summed E-state index contributed by atoms with van der Waals surface area (Å²) in [7, 11) is 1.42. The maximum Gasteiger partial charge on any atom is 0.328 e. The predicted molar refractivity (Wildman–Crippen MR) is 72.9 cm³/mol. The van der Waals surface area contributed by atoms with Gasteiger partial charge in [0.2, 0.25) is 5.91 Å². The summed E-state index contributed by atoms with van der Waals surface area (Å²) in [6.45, 7) is 1.95. The Morgan fingerprint density at radius 3 is 2.48 bits per heavy atom. The van der Waals surface area contributed by atoms with E-state index in [0.717, 1.165) is 4.90 Å². The van der Waals surface area contributed by atoms with E-state index in [4.69, 9.17) is 0 Å². The zero-order valence-electron chi connectivity index (χ0n) is 11.5. The maximum absolute atomic E-state index is 12.0. The van der Waals surface area contributed by atoms with Gasteiger partial charge in [0, 0.05) is 19.3 Å².